The minimum absolute atomic E-state index is 0.0690. The highest BCUT2D eigenvalue weighted by Gasteiger charge is 2.35. The lowest BCUT2D eigenvalue weighted by Crippen LogP contribution is -2.30. The standard InChI is InChI=1S/C23H21NO5/c1-12(25)8-17-21-14(6-7-18(26)23(21)27-3)15-5-4-13-9-19-20(29-11-28-19)10-16(13)22(15)24(17)2/h4-7,9-10,17,26H,8,11H2,1-3H3/t17-/m1/s1. The summed E-state index contributed by atoms with van der Waals surface area (Å²) in [6, 6.07) is 11.4. The van der Waals surface area contributed by atoms with E-state index in [-0.39, 0.29) is 24.4 Å². The van der Waals surface area contributed by atoms with Crippen molar-refractivity contribution >= 4 is 22.2 Å². The first-order valence-corrected chi connectivity index (χ1v) is 9.48. The van der Waals surface area contributed by atoms with Gasteiger partial charge in [0, 0.05) is 30.0 Å². The van der Waals surface area contributed by atoms with Crippen molar-refractivity contribution in [2.45, 2.75) is 19.4 Å². The summed E-state index contributed by atoms with van der Waals surface area (Å²) in [5.74, 6) is 2.01. The van der Waals surface area contributed by atoms with Gasteiger partial charge in [-0.2, -0.15) is 0 Å². The summed E-state index contributed by atoms with van der Waals surface area (Å²) in [5, 5.41) is 12.4. The number of anilines is 1. The number of rotatable bonds is 3. The summed E-state index contributed by atoms with van der Waals surface area (Å²) in [6.07, 6.45) is 0.309. The molecule has 0 saturated heterocycles. The molecule has 3 aromatic carbocycles. The Labute approximate surface area is 168 Å². The number of ketones is 1. The minimum atomic E-state index is -0.256. The molecule has 0 amide bonds. The number of phenolic OH excluding ortho intramolecular Hbond substituents is 1. The molecule has 6 heteroatoms. The molecule has 5 rings (SSSR count). The van der Waals surface area contributed by atoms with Crippen LogP contribution in [0.1, 0.15) is 24.9 Å². The maximum absolute atomic E-state index is 12.1. The Morgan fingerprint density at radius 1 is 1.17 bits per heavy atom. The SMILES string of the molecule is COc1c(O)ccc2c1[C@@H](CC(C)=O)N(C)c1c-2ccc2cc3c(cc12)OCO3. The van der Waals surface area contributed by atoms with Gasteiger partial charge in [-0.1, -0.05) is 12.1 Å². The van der Waals surface area contributed by atoms with Gasteiger partial charge in [-0.25, -0.2) is 0 Å². The molecule has 1 atom stereocenters. The van der Waals surface area contributed by atoms with E-state index < -0.39 is 0 Å². The van der Waals surface area contributed by atoms with E-state index in [0.717, 1.165) is 44.6 Å². The predicted molar refractivity (Wildman–Crippen MR) is 110 cm³/mol. The van der Waals surface area contributed by atoms with Crippen LogP contribution in [0, 0.1) is 0 Å². The van der Waals surface area contributed by atoms with Gasteiger partial charge in [0.15, 0.2) is 23.0 Å². The number of carbonyl (C=O) groups is 1. The molecule has 0 bridgehead atoms. The zero-order chi connectivity index (χ0) is 20.3. The van der Waals surface area contributed by atoms with E-state index in [1.165, 1.54) is 7.11 Å². The van der Waals surface area contributed by atoms with Crippen molar-refractivity contribution in [3.05, 3.63) is 42.0 Å². The average molecular weight is 391 g/mol. The summed E-state index contributed by atoms with van der Waals surface area (Å²) in [7, 11) is 3.51. The molecule has 1 N–H and O–H groups in total. The Morgan fingerprint density at radius 2 is 1.90 bits per heavy atom. The Hall–Kier alpha value is -3.41. The van der Waals surface area contributed by atoms with E-state index >= 15 is 0 Å². The topological polar surface area (TPSA) is 68.2 Å². The van der Waals surface area contributed by atoms with Crippen LogP contribution >= 0.6 is 0 Å². The van der Waals surface area contributed by atoms with Gasteiger partial charge in [0.05, 0.1) is 18.8 Å². The molecule has 6 nitrogen and oxygen atoms in total. The third-order valence-electron chi connectivity index (χ3n) is 5.79. The number of Topliss-reactive ketones (excluding diaryl/α,β-unsaturated/α-hetero) is 1. The summed E-state index contributed by atoms with van der Waals surface area (Å²) in [6.45, 7) is 1.80. The quantitative estimate of drug-likeness (QED) is 0.713. The van der Waals surface area contributed by atoms with Crippen LogP contribution in [0.4, 0.5) is 5.69 Å². The number of nitrogens with zero attached hydrogens (tertiary/aromatic N) is 1. The van der Waals surface area contributed by atoms with Gasteiger partial charge in [-0.05, 0) is 42.1 Å². The molecule has 148 valence electrons. The van der Waals surface area contributed by atoms with Gasteiger partial charge >= 0.3 is 0 Å². The molecule has 0 unspecified atom stereocenters. The van der Waals surface area contributed by atoms with Crippen molar-refractivity contribution in [1.82, 2.24) is 0 Å². The van der Waals surface area contributed by atoms with Crippen molar-refractivity contribution in [2.24, 2.45) is 0 Å². The smallest absolute Gasteiger partial charge is 0.231 e. The van der Waals surface area contributed by atoms with E-state index in [9.17, 15) is 9.90 Å². The first kappa shape index (κ1) is 17.7. The number of aromatic hydroxyl groups is 1. The molecular weight excluding hydrogens is 370 g/mol. The molecule has 29 heavy (non-hydrogen) atoms. The van der Waals surface area contributed by atoms with E-state index in [1.807, 2.05) is 25.2 Å². The highest BCUT2D eigenvalue weighted by atomic mass is 16.7. The van der Waals surface area contributed by atoms with E-state index in [1.54, 1.807) is 13.0 Å². The van der Waals surface area contributed by atoms with Crippen LogP contribution in [0.2, 0.25) is 0 Å². The average Bonchev–Trinajstić information content (AvgIpc) is 3.15. The fourth-order valence-corrected chi connectivity index (χ4v) is 4.52. The van der Waals surface area contributed by atoms with E-state index in [4.69, 9.17) is 14.2 Å². The predicted octanol–water partition coefficient (Wildman–Crippen LogP) is 4.42. The van der Waals surface area contributed by atoms with Gasteiger partial charge in [0.1, 0.15) is 5.78 Å². The van der Waals surface area contributed by atoms with Gasteiger partial charge in [0.2, 0.25) is 6.79 Å². The first-order chi connectivity index (χ1) is 14.0. The lowest BCUT2D eigenvalue weighted by Gasteiger charge is -2.39. The van der Waals surface area contributed by atoms with Crippen LogP contribution < -0.4 is 19.1 Å². The monoisotopic (exact) mass is 391 g/mol. The lowest BCUT2D eigenvalue weighted by molar-refractivity contribution is -0.117. The molecule has 0 spiro atoms. The normalized spacial score (nSPS) is 16.5. The fourth-order valence-electron chi connectivity index (χ4n) is 4.52. The number of fused-ring (bicyclic) bond motifs is 6. The van der Waals surface area contributed by atoms with Gasteiger partial charge in [-0.15, -0.1) is 0 Å². The summed E-state index contributed by atoms with van der Waals surface area (Å²) in [5.41, 5.74) is 3.83. The maximum Gasteiger partial charge on any atom is 0.231 e. The number of hydrogen-bond acceptors (Lipinski definition) is 6. The molecular formula is C23H21NO5. The van der Waals surface area contributed by atoms with Crippen LogP contribution in [0.15, 0.2) is 36.4 Å². The molecule has 0 aromatic heterocycles. The maximum atomic E-state index is 12.1. The summed E-state index contributed by atoms with van der Waals surface area (Å²) >= 11 is 0. The van der Waals surface area contributed by atoms with Crippen molar-refractivity contribution in [3.63, 3.8) is 0 Å². The summed E-state index contributed by atoms with van der Waals surface area (Å²) < 4.78 is 16.7. The second kappa shape index (κ2) is 6.30. The Balaban J connectivity index is 1.84. The molecule has 2 aliphatic heterocycles. The Kier molecular flexibility index (Phi) is 3.84. The Morgan fingerprint density at radius 3 is 2.62 bits per heavy atom. The molecule has 2 heterocycles. The number of methoxy groups -OCH3 is 1. The number of ether oxygens (including phenoxy) is 3. The van der Waals surface area contributed by atoms with Crippen molar-refractivity contribution < 1.29 is 24.1 Å². The zero-order valence-electron chi connectivity index (χ0n) is 16.5. The number of hydrogen-bond donors (Lipinski definition) is 1. The third kappa shape index (κ3) is 2.52. The second-order valence-corrected chi connectivity index (χ2v) is 7.50. The molecule has 0 radical (unpaired) electrons. The largest absolute Gasteiger partial charge is 0.504 e. The van der Waals surface area contributed by atoms with Crippen LogP contribution in [0.3, 0.4) is 0 Å². The van der Waals surface area contributed by atoms with Gasteiger partial charge in [-0.3, -0.25) is 4.79 Å². The Bertz CT molecular complexity index is 1170. The van der Waals surface area contributed by atoms with Crippen LogP contribution in [-0.4, -0.2) is 31.8 Å². The van der Waals surface area contributed by atoms with E-state index in [0.29, 0.717) is 12.2 Å². The van der Waals surface area contributed by atoms with Gasteiger partial charge in [0.25, 0.3) is 0 Å². The fraction of sp³-hybridized carbons (Fsp3) is 0.261. The highest BCUT2D eigenvalue weighted by molar-refractivity contribution is 6.06. The van der Waals surface area contributed by atoms with Crippen LogP contribution in [0.5, 0.6) is 23.0 Å². The van der Waals surface area contributed by atoms with Gasteiger partial charge < -0.3 is 24.2 Å². The van der Waals surface area contributed by atoms with Crippen LogP contribution in [0.25, 0.3) is 21.9 Å². The molecule has 3 aromatic rings. The number of carbonyl (C=O) groups excluding carboxylic acids is 1. The number of phenols is 1. The highest BCUT2D eigenvalue weighted by Crippen LogP contribution is 2.54. The summed E-state index contributed by atoms with van der Waals surface area (Å²) in [4.78, 5) is 14.2. The molecule has 0 aliphatic carbocycles. The zero-order valence-corrected chi connectivity index (χ0v) is 16.5. The van der Waals surface area contributed by atoms with Crippen molar-refractivity contribution in [3.8, 4) is 34.1 Å². The first-order valence-electron chi connectivity index (χ1n) is 9.48. The third-order valence-corrected chi connectivity index (χ3v) is 5.79. The lowest BCUT2D eigenvalue weighted by atomic mass is 9.84. The van der Waals surface area contributed by atoms with E-state index in [2.05, 4.69) is 17.0 Å². The minimum Gasteiger partial charge on any atom is -0.504 e. The van der Waals surface area contributed by atoms with Crippen LogP contribution in [-0.2, 0) is 4.79 Å². The molecule has 0 saturated carbocycles. The molecule has 0 fully saturated rings. The second-order valence-electron chi connectivity index (χ2n) is 7.50. The molecule has 2 aliphatic rings. The number of benzene rings is 3. The van der Waals surface area contributed by atoms with Crippen molar-refractivity contribution in [1.29, 1.82) is 0 Å². The van der Waals surface area contributed by atoms with Crippen molar-refractivity contribution in [2.75, 3.05) is 25.9 Å².